The van der Waals surface area contributed by atoms with Gasteiger partial charge in [-0.3, -0.25) is 4.79 Å². The molecular formula is C23H21N3O3S. The molecule has 4 rings (SSSR count). The predicted octanol–water partition coefficient (Wildman–Crippen LogP) is 4.69. The van der Waals surface area contributed by atoms with E-state index in [-0.39, 0.29) is 17.1 Å². The van der Waals surface area contributed by atoms with E-state index in [1.54, 1.807) is 0 Å². The van der Waals surface area contributed by atoms with Gasteiger partial charge in [0.2, 0.25) is 5.43 Å². The number of rotatable bonds is 6. The minimum atomic E-state index is -1.25. The number of carboxylic acids is 1. The third-order valence-corrected chi connectivity index (χ3v) is 5.72. The molecule has 0 saturated heterocycles. The van der Waals surface area contributed by atoms with Crippen LogP contribution >= 0.6 is 11.3 Å². The molecule has 0 aliphatic rings. The van der Waals surface area contributed by atoms with E-state index in [0.29, 0.717) is 16.5 Å². The molecule has 7 heteroatoms. The first-order chi connectivity index (χ1) is 14.4. The molecule has 0 aliphatic heterocycles. The molecule has 0 bridgehead atoms. The van der Waals surface area contributed by atoms with Gasteiger partial charge in [0, 0.05) is 18.8 Å². The Morgan fingerprint density at radius 3 is 2.53 bits per heavy atom. The summed E-state index contributed by atoms with van der Waals surface area (Å²) < 4.78 is 1.81. The summed E-state index contributed by atoms with van der Waals surface area (Å²) in [4.78, 5) is 29.4. The number of carboxylic acid groups (broad SMARTS) is 1. The van der Waals surface area contributed by atoms with Gasteiger partial charge in [-0.15, -0.1) is 0 Å². The minimum absolute atomic E-state index is 0.145. The molecule has 152 valence electrons. The molecule has 0 atom stereocenters. The lowest BCUT2D eigenvalue weighted by molar-refractivity contribution is 0.0695. The van der Waals surface area contributed by atoms with E-state index in [4.69, 9.17) is 0 Å². The Labute approximate surface area is 177 Å². The van der Waals surface area contributed by atoms with Gasteiger partial charge in [-0.1, -0.05) is 65.9 Å². The molecule has 2 N–H and O–H groups in total. The molecule has 2 aromatic carbocycles. The number of aromatic carboxylic acids is 1. The second kappa shape index (κ2) is 8.12. The Balaban J connectivity index is 1.87. The van der Waals surface area contributed by atoms with Crippen molar-refractivity contribution in [3.05, 3.63) is 82.1 Å². The van der Waals surface area contributed by atoms with Crippen molar-refractivity contribution >= 4 is 32.8 Å². The van der Waals surface area contributed by atoms with Crippen molar-refractivity contribution in [1.82, 2.24) is 9.55 Å². The summed E-state index contributed by atoms with van der Waals surface area (Å²) >= 11 is 1.36. The van der Waals surface area contributed by atoms with Crippen LogP contribution in [0.3, 0.4) is 0 Å². The van der Waals surface area contributed by atoms with Gasteiger partial charge in [0.05, 0.1) is 0 Å². The van der Waals surface area contributed by atoms with E-state index in [9.17, 15) is 14.7 Å². The summed E-state index contributed by atoms with van der Waals surface area (Å²) in [6, 6.07) is 18.2. The number of hydrogen-bond acceptors (Lipinski definition) is 5. The summed E-state index contributed by atoms with van der Waals surface area (Å²) in [5.41, 5.74) is 2.51. The first kappa shape index (κ1) is 19.8. The number of hydrogen-bond donors (Lipinski definition) is 2. The first-order valence-electron chi connectivity index (χ1n) is 9.61. The van der Waals surface area contributed by atoms with E-state index in [1.165, 1.54) is 17.5 Å². The van der Waals surface area contributed by atoms with Crippen molar-refractivity contribution in [2.75, 3.05) is 5.32 Å². The minimum Gasteiger partial charge on any atom is -0.477 e. The maximum Gasteiger partial charge on any atom is 0.341 e. The van der Waals surface area contributed by atoms with Gasteiger partial charge >= 0.3 is 5.97 Å². The van der Waals surface area contributed by atoms with Gasteiger partial charge in [-0.05, 0) is 30.5 Å². The monoisotopic (exact) mass is 419 g/mol. The molecule has 2 heterocycles. The van der Waals surface area contributed by atoms with E-state index < -0.39 is 11.4 Å². The Morgan fingerprint density at radius 1 is 1.13 bits per heavy atom. The Bertz CT molecular complexity index is 1280. The van der Waals surface area contributed by atoms with Crippen LogP contribution in [-0.4, -0.2) is 26.7 Å². The Kier molecular flexibility index (Phi) is 5.37. The van der Waals surface area contributed by atoms with Crippen LogP contribution in [0.1, 0.15) is 29.8 Å². The zero-order valence-electron chi connectivity index (χ0n) is 16.6. The summed E-state index contributed by atoms with van der Waals surface area (Å²) in [6.45, 7) is 4.39. The summed E-state index contributed by atoms with van der Waals surface area (Å²) in [5, 5.41) is 13.4. The topological polar surface area (TPSA) is 84.2 Å². The maximum absolute atomic E-state index is 12.7. The quantitative estimate of drug-likeness (QED) is 0.474. The highest BCUT2D eigenvalue weighted by Crippen LogP contribution is 2.28. The maximum atomic E-state index is 12.7. The van der Waals surface area contributed by atoms with Crippen LogP contribution in [0.5, 0.6) is 0 Å². The van der Waals surface area contributed by atoms with E-state index in [1.807, 2.05) is 73.0 Å². The van der Waals surface area contributed by atoms with Crippen molar-refractivity contribution in [1.29, 1.82) is 0 Å². The van der Waals surface area contributed by atoms with Crippen LogP contribution in [-0.2, 0) is 6.54 Å². The van der Waals surface area contributed by atoms with Crippen molar-refractivity contribution in [2.45, 2.75) is 26.4 Å². The molecule has 2 aromatic heterocycles. The normalized spacial score (nSPS) is 11.2. The lowest BCUT2D eigenvalue weighted by atomic mass is 9.99. The van der Waals surface area contributed by atoms with Crippen molar-refractivity contribution < 1.29 is 9.90 Å². The van der Waals surface area contributed by atoms with Gasteiger partial charge in [-0.25, -0.2) is 9.78 Å². The molecular weight excluding hydrogens is 398 g/mol. The predicted molar refractivity (Wildman–Crippen MR) is 121 cm³/mol. The SMILES string of the molecule is CC(C)Nc1nc2c(=O)c(C(=O)O)cn(Cc3ccccc3-c3ccccc3)c2s1. The van der Waals surface area contributed by atoms with Gasteiger partial charge in [0.1, 0.15) is 15.9 Å². The number of nitrogens with one attached hydrogen (secondary N) is 1. The fourth-order valence-electron chi connectivity index (χ4n) is 3.37. The fourth-order valence-corrected chi connectivity index (χ4v) is 4.46. The number of anilines is 1. The number of fused-ring (bicyclic) bond motifs is 1. The van der Waals surface area contributed by atoms with E-state index in [2.05, 4.69) is 10.3 Å². The van der Waals surface area contributed by atoms with E-state index in [0.717, 1.165) is 16.7 Å². The highest BCUT2D eigenvalue weighted by atomic mass is 32.1. The van der Waals surface area contributed by atoms with Crippen LogP contribution in [0.2, 0.25) is 0 Å². The highest BCUT2D eigenvalue weighted by Gasteiger charge is 2.19. The second-order valence-electron chi connectivity index (χ2n) is 7.30. The molecule has 0 unspecified atom stereocenters. The van der Waals surface area contributed by atoms with Gasteiger partial charge < -0.3 is 15.0 Å². The highest BCUT2D eigenvalue weighted by molar-refractivity contribution is 7.21. The molecule has 4 aromatic rings. The molecule has 0 saturated carbocycles. The van der Waals surface area contributed by atoms with Crippen molar-refractivity contribution in [2.24, 2.45) is 0 Å². The number of benzene rings is 2. The molecule has 0 fully saturated rings. The molecule has 0 spiro atoms. The van der Waals surface area contributed by atoms with Gasteiger partial charge in [0.15, 0.2) is 5.13 Å². The Hall–Kier alpha value is -3.45. The standard InChI is InChI=1S/C23H21N3O3S/c1-14(2)24-23-25-19-20(27)18(22(28)29)13-26(21(19)30-23)12-16-10-6-7-11-17(16)15-8-4-3-5-9-15/h3-11,13-14H,12H2,1-2H3,(H,24,25)(H,28,29). The average molecular weight is 420 g/mol. The van der Waals surface area contributed by atoms with Crippen molar-refractivity contribution in [3.63, 3.8) is 0 Å². The number of aromatic nitrogens is 2. The van der Waals surface area contributed by atoms with Gasteiger partial charge in [0.25, 0.3) is 0 Å². The van der Waals surface area contributed by atoms with E-state index >= 15 is 0 Å². The molecule has 0 radical (unpaired) electrons. The molecule has 30 heavy (non-hydrogen) atoms. The zero-order chi connectivity index (χ0) is 21.3. The smallest absolute Gasteiger partial charge is 0.341 e. The summed E-state index contributed by atoms with van der Waals surface area (Å²) in [6.07, 6.45) is 1.42. The largest absolute Gasteiger partial charge is 0.477 e. The lowest BCUT2D eigenvalue weighted by Gasteiger charge is -2.13. The molecule has 6 nitrogen and oxygen atoms in total. The molecule has 0 aliphatic carbocycles. The molecule has 0 amide bonds. The lowest BCUT2D eigenvalue weighted by Crippen LogP contribution is -2.19. The second-order valence-corrected chi connectivity index (χ2v) is 8.28. The third-order valence-electron chi connectivity index (χ3n) is 4.70. The van der Waals surface area contributed by atoms with Crippen LogP contribution < -0.4 is 10.7 Å². The van der Waals surface area contributed by atoms with Gasteiger partial charge in [-0.2, -0.15) is 0 Å². The van der Waals surface area contributed by atoms with Crippen LogP contribution in [0.15, 0.2) is 65.6 Å². The number of nitrogens with zero attached hydrogens (tertiary/aromatic N) is 2. The Morgan fingerprint density at radius 2 is 1.83 bits per heavy atom. The summed E-state index contributed by atoms with van der Waals surface area (Å²) in [7, 11) is 0. The summed E-state index contributed by atoms with van der Waals surface area (Å²) in [5.74, 6) is -1.25. The van der Waals surface area contributed by atoms with Crippen LogP contribution in [0.25, 0.3) is 21.5 Å². The number of pyridine rings is 1. The number of thiazole rings is 1. The van der Waals surface area contributed by atoms with Crippen LogP contribution in [0, 0.1) is 0 Å². The fraction of sp³-hybridized carbons (Fsp3) is 0.174. The average Bonchev–Trinajstić information content (AvgIpc) is 3.14. The number of carbonyl (C=O) groups is 1. The first-order valence-corrected chi connectivity index (χ1v) is 10.4. The van der Waals surface area contributed by atoms with Crippen molar-refractivity contribution in [3.8, 4) is 11.1 Å². The van der Waals surface area contributed by atoms with Crippen LogP contribution in [0.4, 0.5) is 5.13 Å². The third kappa shape index (κ3) is 3.84. The zero-order valence-corrected chi connectivity index (χ0v) is 17.4.